The smallest absolute Gasteiger partial charge is 0.243 e. The second-order valence-electron chi connectivity index (χ2n) is 3.61. The number of fused-ring (bicyclic) bond motifs is 1. The summed E-state index contributed by atoms with van der Waals surface area (Å²) in [4.78, 5) is 7.08. The lowest BCUT2D eigenvalue weighted by Crippen LogP contribution is -2.23. The Hall–Kier alpha value is -1.70. The van der Waals surface area contributed by atoms with Gasteiger partial charge in [0.1, 0.15) is 10.5 Å². The summed E-state index contributed by atoms with van der Waals surface area (Å²) in [6.07, 6.45) is 6.41. The van der Waals surface area contributed by atoms with Crippen LogP contribution in [0.3, 0.4) is 0 Å². The highest BCUT2D eigenvalue weighted by Crippen LogP contribution is 2.20. The number of aromatic amines is 1. The molecule has 0 spiro atoms. The minimum absolute atomic E-state index is 0.201. The van der Waals surface area contributed by atoms with Gasteiger partial charge in [-0.25, -0.2) is 18.1 Å². The summed E-state index contributed by atoms with van der Waals surface area (Å²) in [6.45, 7) is 0.602. The fraction of sp³-hybridized carbons (Fsp3) is 0.182. The number of aromatic nitrogens is 2. The third-order valence-electron chi connectivity index (χ3n) is 2.40. The summed E-state index contributed by atoms with van der Waals surface area (Å²) in [5.74, 6) is 0. The lowest BCUT2D eigenvalue weighted by atomic mass is 10.3. The lowest BCUT2D eigenvalue weighted by molar-refractivity contribution is 0.586. The number of nitrogens with zero attached hydrogens (tertiary/aromatic N) is 1. The maximum atomic E-state index is 12.0. The van der Waals surface area contributed by atoms with Crippen LogP contribution < -0.4 is 10.5 Å². The summed E-state index contributed by atoms with van der Waals surface area (Å²) in [5, 5.41) is 0.577. The van der Waals surface area contributed by atoms with Crippen molar-refractivity contribution in [3.05, 3.63) is 36.7 Å². The van der Waals surface area contributed by atoms with Crippen LogP contribution >= 0.6 is 0 Å². The van der Waals surface area contributed by atoms with Crippen molar-refractivity contribution in [3.63, 3.8) is 0 Å². The highest BCUT2D eigenvalue weighted by molar-refractivity contribution is 7.89. The van der Waals surface area contributed by atoms with Crippen LogP contribution in [0.5, 0.6) is 0 Å². The third-order valence-corrected chi connectivity index (χ3v) is 3.86. The maximum absolute atomic E-state index is 12.0. The van der Waals surface area contributed by atoms with Crippen LogP contribution in [0.15, 0.2) is 41.6 Å². The van der Waals surface area contributed by atoms with E-state index < -0.39 is 10.0 Å². The first kappa shape index (κ1) is 12.7. The van der Waals surface area contributed by atoms with E-state index >= 15 is 0 Å². The molecule has 0 fully saturated rings. The van der Waals surface area contributed by atoms with E-state index in [0.717, 1.165) is 0 Å². The number of hydrogen-bond acceptors (Lipinski definition) is 4. The van der Waals surface area contributed by atoms with Crippen LogP contribution in [0.25, 0.3) is 11.0 Å². The fourth-order valence-corrected chi connectivity index (χ4v) is 2.71. The van der Waals surface area contributed by atoms with E-state index in [1.807, 2.05) is 0 Å². The second-order valence-corrected chi connectivity index (χ2v) is 5.35. The Morgan fingerprint density at radius 1 is 1.44 bits per heavy atom. The van der Waals surface area contributed by atoms with Crippen LogP contribution in [0.4, 0.5) is 0 Å². The van der Waals surface area contributed by atoms with Crippen LogP contribution in [0, 0.1) is 0 Å². The van der Waals surface area contributed by atoms with Crippen molar-refractivity contribution in [2.24, 2.45) is 5.73 Å². The van der Waals surface area contributed by atoms with Crippen molar-refractivity contribution in [2.45, 2.75) is 4.90 Å². The summed E-state index contributed by atoms with van der Waals surface area (Å²) in [5.41, 5.74) is 5.82. The van der Waals surface area contributed by atoms with Gasteiger partial charge >= 0.3 is 0 Å². The number of hydrogen-bond donors (Lipinski definition) is 3. The van der Waals surface area contributed by atoms with E-state index in [9.17, 15) is 8.42 Å². The van der Waals surface area contributed by atoms with Crippen molar-refractivity contribution >= 4 is 21.1 Å². The molecule has 0 aliphatic carbocycles. The second kappa shape index (κ2) is 5.30. The van der Waals surface area contributed by atoms with E-state index in [4.69, 9.17) is 5.73 Å². The van der Waals surface area contributed by atoms with Gasteiger partial charge in [-0.05, 0) is 12.1 Å². The molecule has 2 heterocycles. The predicted molar refractivity (Wildman–Crippen MR) is 69.5 cm³/mol. The molecule has 2 rings (SSSR count). The number of H-pyrrole nitrogens is 1. The van der Waals surface area contributed by atoms with Crippen LogP contribution in [-0.2, 0) is 10.0 Å². The highest BCUT2D eigenvalue weighted by atomic mass is 32.2. The van der Waals surface area contributed by atoms with E-state index in [-0.39, 0.29) is 11.4 Å². The van der Waals surface area contributed by atoms with E-state index in [2.05, 4.69) is 14.7 Å². The largest absolute Gasteiger partial charge is 0.345 e. The van der Waals surface area contributed by atoms with Gasteiger partial charge in [0.15, 0.2) is 0 Å². The number of sulfonamides is 1. The minimum Gasteiger partial charge on any atom is -0.345 e. The molecule has 0 saturated carbocycles. The molecule has 2 aromatic rings. The Kier molecular flexibility index (Phi) is 3.75. The first-order chi connectivity index (χ1) is 8.65. The fourth-order valence-electron chi connectivity index (χ4n) is 1.57. The normalized spacial score (nSPS) is 12.5. The average Bonchev–Trinajstić information content (AvgIpc) is 2.79. The Balaban J connectivity index is 2.27. The monoisotopic (exact) mass is 266 g/mol. The van der Waals surface area contributed by atoms with Gasteiger partial charge in [0.2, 0.25) is 10.0 Å². The quantitative estimate of drug-likeness (QED) is 0.680. The van der Waals surface area contributed by atoms with Crippen molar-refractivity contribution in [3.8, 4) is 0 Å². The Bertz CT molecular complexity index is 660. The SMILES string of the molecule is NC/C=C/CNS(=O)(=O)c1c[nH]c2ncccc12. The summed E-state index contributed by atoms with van der Waals surface area (Å²) in [6, 6.07) is 3.41. The third kappa shape index (κ3) is 2.58. The molecular formula is C11H14N4O2S. The zero-order valence-corrected chi connectivity index (χ0v) is 10.4. The molecule has 0 radical (unpaired) electrons. The van der Waals surface area contributed by atoms with Gasteiger partial charge in [0, 0.05) is 30.9 Å². The molecular weight excluding hydrogens is 252 g/mol. The molecule has 6 nitrogen and oxygen atoms in total. The first-order valence-electron chi connectivity index (χ1n) is 5.42. The average molecular weight is 266 g/mol. The standard InChI is InChI=1S/C11H14N4O2S/c12-5-1-2-7-15-18(16,17)10-8-14-11-9(10)4-3-6-13-11/h1-4,6,8,15H,5,7,12H2,(H,13,14)/b2-1+. The Morgan fingerprint density at radius 2 is 2.28 bits per heavy atom. The van der Waals surface area contributed by atoms with Crippen molar-refractivity contribution in [1.29, 1.82) is 0 Å². The molecule has 4 N–H and O–H groups in total. The highest BCUT2D eigenvalue weighted by Gasteiger charge is 2.17. The minimum atomic E-state index is -3.54. The zero-order chi connectivity index (χ0) is 13.0. The summed E-state index contributed by atoms with van der Waals surface area (Å²) >= 11 is 0. The number of nitrogens with one attached hydrogen (secondary N) is 2. The maximum Gasteiger partial charge on any atom is 0.243 e. The molecule has 96 valence electrons. The van der Waals surface area contributed by atoms with E-state index in [0.29, 0.717) is 17.6 Å². The Labute approximate surface area is 105 Å². The van der Waals surface area contributed by atoms with Crippen molar-refractivity contribution in [1.82, 2.24) is 14.7 Å². The van der Waals surface area contributed by atoms with E-state index in [1.165, 1.54) is 6.20 Å². The van der Waals surface area contributed by atoms with Gasteiger partial charge in [-0.1, -0.05) is 12.2 Å². The molecule has 0 saturated heterocycles. The molecule has 18 heavy (non-hydrogen) atoms. The molecule has 0 aliphatic heterocycles. The Morgan fingerprint density at radius 3 is 3.06 bits per heavy atom. The molecule has 0 aromatic carbocycles. The molecule has 0 atom stereocenters. The summed E-state index contributed by atoms with van der Waals surface area (Å²) in [7, 11) is -3.54. The van der Waals surface area contributed by atoms with Gasteiger partial charge in [-0.2, -0.15) is 0 Å². The number of pyridine rings is 1. The predicted octanol–water partition coefficient (Wildman–Crippen LogP) is 0.356. The van der Waals surface area contributed by atoms with Crippen molar-refractivity contribution < 1.29 is 8.42 Å². The van der Waals surface area contributed by atoms with Crippen LogP contribution in [-0.4, -0.2) is 31.5 Å². The van der Waals surface area contributed by atoms with Gasteiger partial charge in [-0.15, -0.1) is 0 Å². The van der Waals surface area contributed by atoms with Crippen LogP contribution in [0.2, 0.25) is 0 Å². The molecule has 0 bridgehead atoms. The molecule has 0 unspecified atom stereocenters. The lowest BCUT2D eigenvalue weighted by Gasteiger charge is -2.02. The summed E-state index contributed by atoms with van der Waals surface area (Å²) < 4.78 is 26.6. The zero-order valence-electron chi connectivity index (χ0n) is 9.63. The van der Waals surface area contributed by atoms with Gasteiger partial charge in [0.05, 0.1) is 0 Å². The van der Waals surface area contributed by atoms with Gasteiger partial charge < -0.3 is 10.7 Å². The van der Waals surface area contributed by atoms with Gasteiger partial charge in [-0.3, -0.25) is 0 Å². The molecule has 2 aromatic heterocycles. The first-order valence-corrected chi connectivity index (χ1v) is 6.90. The van der Waals surface area contributed by atoms with Crippen molar-refractivity contribution in [2.75, 3.05) is 13.1 Å². The molecule has 0 amide bonds. The molecule has 7 heteroatoms. The van der Waals surface area contributed by atoms with E-state index in [1.54, 1.807) is 30.5 Å². The van der Waals surface area contributed by atoms with Crippen LogP contribution in [0.1, 0.15) is 0 Å². The number of rotatable bonds is 5. The van der Waals surface area contributed by atoms with Gasteiger partial charge in [0.25, 0.3) is 0 Å². The molecule has 0 aliphatic rings. The number of nitrogens with two attached hydrogens (primary N) is 1. The topological polar surface area (TPSA) is 101 Å².